The van der Waals surface area contributed by atoms with Crippen molar-refractivity contribution in [3.8, 4) is 0 Å². The Morgan fingerprint density at radius 1 is 1.56 bits per heavy atom. The van der Waals surface area contributed by atoms with Crippen LogP contribution in [0.1, 0.15) is 31.3 Å². The van der Waals surface area contributed by atoms with E-state index in [1.807, 2.05) is 17.8 Å². The molecule has 1 aromatic heterocycles. The molecule has 0 saturated carbocycles. The van der Waals surface area contributed by atoms with E-state index in [-0.39, 0.29) is 11.5 Å². The number of ether oxygens (including phenoxy) is 1. The summed E-state index contributed by atoms with van der Waals surface area (Å²) in [6.07, 6.45) is 2.99. The molecule has 0 aromatic carbocycles. The zero-order chi connectivity index (χ0) is 13.0. The molecule has 0 N–H and O–H groups in total. The van der Waals surface area contributed by atoms with Gasteiger partial charge in [-0.15, -0.1) is 16.7 Å². The van der Waals surface area contributed by atoms with Crippen molar-refractivity contribution in [3.63, 3.8) is 0 Å². The highest BCUT2D eigenvalue weighted by atomic mass is 35.5. The van der Waals surface area contributed by atoms with E-state index >= 15 is 0 Å². The molecule has 1 aliphatic heterocycles. The van der Waals surface area contributed by atoms with Crippen LogP contribution in [0.3, 0.4) is 0 Å². The summed E-state index contributed by atoms with van der Waals surface area (Å²) in [5, 5.41) is 8.17. The molecule has 5 nitrogen and oxygen atoms in total. The molecule has 1 aromatic rings. The fourth-order valence-corrected chi connectivity index (χ4v) is 2.24. The monoisotopic (exact) mass is 272 g/mol. The Morgan fingerprint density at radius 3 is 3.11 bits per heavy atom. The van der Waals surface area contributed by atoms with E-state index in [1.54, 1.807) is 0 Å². The van der Waals surface area contributed by atoms with Crippen molar-refractivity contribution in [2.45, 2.75) is 38.3 Å². The predicted molar refractivity (Wildman–Crippen MR) is 70.8 cm³/mol. The molecule has 1 saturated heterocycles. The molecule has 2 heterocycles. The second-order valence-corrected chi connectivity index (χ2v) is 5.15. The molecular weight excluding hydrogens is 252 g/mol. The van der Waals surface area contributed by atoms with Gasteiger partial charge < -0.3 is 4.74 Å². The van der Waals surface area contributed by atoms with Gasteiger partial charge >= 0.3 is 0 Å². The number of alkyl halides is 1. The number of likely N-dealkylation sites (N-methyl/N-ethyl adjacent to an activating group) is 1. The number of morpholine rings is 1. The second kappa shape index (κ2) is 6.50. The van der Waals surface area contributed by atoms with Crippen molar-refractivity contribution in [1.82, 2.24) is 19.9 Å². The first-order valence-electron chi connectivity index (χ1n) is 6.61. The van der Waals surface area contributed by atoms with Gasteiger partial charge in [-0.1, -0.05) is 19.1 Å². The maximum atomic E-state index is 6.14. The first-order valence-corrected chi connectivity index (χ1v) is 7.04. The van der Waals surface area contributed by atoms with Gasteiger partial charge in [0.2, 0.25) is 0 Å². The van der Waals surface area contributed by atoms with Crippen molar-refractivity contribution < 1.29 is 4.74 Å². The maximum Gasteiger partial charge on any atom is 0.100 e. The molecule has 1 aliphatic rings. The quantitative estimate of drug-likeness (QED) is 0.765. The summed E-state index contributed by atoms with van der Waals surface area (Å²) in [5.41, 5.74) is 0.849. The van der Waals surface area contributed by atoms with Crippen LogP contribution in [-0.2, 0) is 11.3 Å². The highest BCUT2D eigenvalue weighted by molar-refractivity contribution is 6.20. The molecule has 2 atom stereocenters. The van der Waals surface area contributed by atoms with Crippen LogP contribution in [0.4, 0.5) is 0 Å². The van der Waals surface area contributed by atoms with Crippen LogP contribution in [0.2, 0.25) is 0 Å². The van der Waals surface area contributed by atoms with Crippen LogP contribution in [0, 0.1) is 0 Å². The molecule has 102 valence electrons. The summed E-state index contributed by atoms with van der Waals surface area (Å²) >= 11 is 6.14. The highest BCUT2D eigenvalue weighted by Gasteiger charge is 2.20. The summed E-state index contributed by atoms with van der Waals surface area (Å²) in [6, 6.07) is 0. The van der Waals surface area contributed by atoms with E-state index < -0.39 is 0 Å². The van der Waals surface area contributed by atoms with E-state index in [1.165, 1.54) is 0 Å². The first kappa shape index (κ1) is 13.8. The third-order valence-electron chi connectivity index (χ3n) is 3.30. The molecule has 0 aliphatic carbocycles. The predicted octanol–water partition coefficient (Wildman–Crippen LogP) is 1.69. The average Bonchev–Trinajstić information content (AvgIpc) is 2.86. The zero-order valence-electron chi connectivity index (χ0n) is 11.0. The smallest absolute Gasteiger partial charge is 0.100 e. The first-order chi connectivity index (χ1) is 8.72. The van der Waals surface area contributed by atoms with Gasteiger partial charge in [-0.05, 0) is 13.0 Å². The van der Waals surface area contributed by atoms with Crippen LogP contribution in [0.25, 0.3) is 0 Å². The number of hydrogen-bond acceptors (Lipinski definition) is 4. The molecule has 0 bridgehead atoms. The van der Waals surface area contributed by atoms with E-state index in [4.69, 9.17) is 16.3 Å². The summed E-state index contributed by atoms with van der Waals surface area (Å²) in [7, 11) is 0. The van der Waals surface area contributed by atoms with Crippen LogP contribution in [0.5, 0.6) is 0 Å². The fourth-order valence-electron chi connectivity index (χ4n) is 2.14. The van der Waals surface area contributed by atoms with Crippen molar-refractivity contribution in [2.75, 3.05) is 26.2 Å². The maximum absolute atomic E-state index is 6.14. The van der Waals surface area contributed by atoms with Crippen LogP contribution in [0.15, 0.2) is 6.20 Å². The van der Waals surface area contributed by atoms with Crippen molar-refractivity contribution in [1.29, 1.82) is 0 Å². The number of nitrogens with zero attached hydrogens (tertiary/aromatic N) is 4. The topological polar surface area (TPSA) is 43.2 Å². The van der Waals surface area contributed by atoms with Gasteiger partial charge in [0.15, 0.2) is 0 Å². The normalized spacial score (nSPS) is 23.2. The zero-order valence-corrected chi connectivity index (χ0v) is 11.8. The lowest BCUT2D eigenvalue weighted by molar-refractivity contribution is -0.0360. The number of aromatic nitrogens is 3. The summed E-state index contributed by atoms with van der Waals surface area (Å²) in [4.78, 5) is 2.39. The molecular formula is C12H21ClN4O. The third-order valence-corrected chi connectivity index (χ3v) is 3.83. The SMILES string of the molecule is CCC(Cl)c1cn(CC2CN(CC)CCO2)nn1. The van der Waals surface area contributed by atoms with E-state index in [9.17, 15) is 0 Å². The fraction of sp³-hybridized carbons (Fsp3) is 0.833. The van der Waals surface area contributed by atoms with Crippen LogP contribution < -0.4 is 0 Å². The Hall–Kier alpha value is -0.650. The van der Waals surface area contributed by atoms with Crippen molar-refractivity contribution in [3.05, 3.63) is 11.9 Å². The minimum atomic E-state index is -0.0434. The largest absolute Gasteiger partial charge is 0.374 e. The Bertz CT molecular complexity index is 371. The van der Waals surface area contributed by atoms with E-state index in [0.717, 1.165) is 44.9 Å². The lowest BCUT2D eigenvalue weighted by atomic mass is 10.2. The Morgan fingerprint density at radius 2 is 2.39 bits per heavy atom. The van der Waals surface area contributed by atoms with Gasteiger partial charge in [-0.2, -0.15) is 0 Å². The summed E-state index contributed by atoms with van der Waals surface area (Å²) < 4.78 is 7.58. The van der Waals surface area contributed by atoms with Gasteiger partial charge in [0.1, 0.15) is 5.69 Å². The van der Waals surface area contributed by atoms with Gasteiger partial charge in [0.25, 0.3) is 0 Å². The molecule has 2 rings (SSSR count). The van der Waals surface area contributed by atoms with Gasteiger partial charge in [0, 0.05) is 13.1 Å². The Balaban J connectivity index is 1.90. The molecule has 0 spiro atoms. The molecule has 6 heteroatoms. The van der Waals surface area contributed by atoms with Gasteiger partial charge in [-0.25, -0.2) is 4.68 Å². The number of hydrogen-bond donors (Lipinski definition) is 0. The van der Waals surface area contributed by atoms with E-state index in [0.29, 0.717) is 0 Å². The third kappa shape index (κ3) is 3.43. The molecule has 0 amide bonds. The van der Waals surface area contributed by atoms with Gasteiger partial charge in [0.05, 0.1) is 30.8 Å². The molecule has 1 fully saturated rings. The number of rotatable bonds is 5. The van der Waals surface area contributed by atoms with Crippen molar-refractivity contribution >= 4 is 11.6 Å². The van der Waals surface area contributed by atoms with Crippen LogP contribution >= 0.6 is 11.6 Å². The highest BCUT2D eigenvalue weighted by Crippen LogP contribution is 2.20. The minimum absolute atomic E-state index is 0.0434. The Labute approximate surface area is 113 Å². The average molecular weight is 273 g/mol. The lowest BCUT2D eigenvalue weighted by Crippen LogP contribution is -2.44. The van der Waals surface area contributed by atoms with Crippen LogP contribution in [-0.4, -0.2) is 52.2 Å². The number of halogens is 1. The lowest BCUT2D eigenvalue weighted by Gasteiger charge is -2.31. The second-order valence-electron chi connectivity index (χ2n) is 4.63. The minimum Gasteiger partial charge on any atom is -0.374 e. The van der Waals surface area contributed by atoms with Gasteiger partial charge in [-0.3, -0.25) is 4.90 Å². The summed E-state index contributed by atoms with van der Waals surface area (Å²) in [6.45, 7) is 8.82. The standard InChI is InChI=1S/C12H21ClN4O/c1-3-11(13)12-9-17(15-14-12)8-10-7-16(4-2)5-6-18-10/h9-11H,3-8H2,1-2H3. The van der Waals surface area contributed by atoms with Crippen molar-refractivity contribution in [2.24, 2.45) is 0 Å². The van der Waals surface area contributed by atoms with E-state index in [2.05, 4.69) is 22.1 Å². The molecule has 2 unspecified atom stereocenters. The molecule has 18 heavy (non-hydrogen) atoms. The Kier molecular flexibility index (Phi) is 4.97. The molecule has 0 radical (unpaired) electrons. The summed E-state index contributed by atoms with van der Waals surface area (Å²) in [5.74, 6) is 0.